The van der Waals surface area contributed by atoms with Crippen molar-refractivity contribution in [3.63, 3.8) is 0 Å². The second kappa shape index (κ2) is 3.06. The van der Waals surface area contributed by atoms with E-state index in [-0.39, 0.29) is 6.61 Å². The van der Waals surface area contributed by atoms with E-state index in [4.69, 9.17) is 5.11 Å². The molecule has 2 rings (SSSR count). The summed E-state index contributed by atoms with van der Waals surface area (Å²) in [7, 11) is 0. The van der Waals surface area contributed by atoms with Gasteiger partial charge in [-0.15, -0.1) is 0 Å². The van der Waals surface area contributed by atoms with Crippen LogP contribution in [0.25, 0.3) is 0 Å². The molecule has 64 valence electrons. The highest BCUT2D eigenvalue weighted by Crippen LogP contribution is 2.16. The van der Waals surface area contributed by atoms with E-state index in [1.165, 1.54) is 6.42 Å². The van der Waals surface area contributed by atoms with Gasteiger partial charge in [-0.3, -0.25) is 0 Å². The summed E-state index contributed by atoms with van der Waals surface area (Å²) in [5.74, 6) is 1.43. The Morgan fingerprint density at radius 1 is 1.50 bits per heavy atom. The van der Waals surface area contributed by atoms with Crippen molar-refractivity contribution in [1.29, 1.82) is 0 Å². The van der Waals surface area contributed by atoms with E-state index >= 15 is 0 Å². The van der Waals surface area contributed by atoms with Crippen LogP contribution in [0.1, 0.15) is 12.2 Å². The largest absolute Gasteiger partial charge is 0.388 e. The molecule has 0 unspecified atom stereocenters. The number of aromatic nitrogens is 2. The summed E-state index contributed by atoms with van der Waals surface area (Å²) in [5.41, 5.74) is 0. The summed E-state index contributed by atoms with van der Waals surface area (Å²) in [5, 5.41) is 8.79. The van der Waals surface area contributed by atoms with Gasteiger partial charge in [-0.05, 0) is 12.5 Å². The Kier molecular flexibility index (Phi) is 1.91. The SMILES string of the molecule is OCc1nccc(N2CCC2)n1. The van der Waals surface area contributed by atoms with Gasteiger partial charge in [-0.2, -0.15) is 0 Å². The van der Waals surface area contributed by atoms with Crippen LogP contribution in [-0.4, -0.2) is 28.2 Å². The number of rotatable bonds is 2. The molecule has 0 aromatic carbocycles. The average Bonchev–Trinajstić information content (AvgIpc) is 2.02. The maximum absolute atomic E-state index is 8.79. The van der Waals surface area contributed by atoms with Gasteiger partial charge < -0.3 is 10.0 Å². The minimum Gasteiger partial charge on any atom is -0.388 e. The number of aliphatic hydroxyl groups excluding tert-OH is 1. The Bertz CT molecular complexity index is 273. The van der Waals surface area contributed by atoms with E-state index in [1.807, 2.05) is 6.07 Å². The van der Waals surface area contributed by atoms with Gasteiger partial charge in [0.25, 0.3) is 0 Å². The van der Waals surface area contributed by atoms with Crippen molar-refractivity contribution in [2.75, 3.05) is 18.0 Å². The topological polar surface area (TPSA) is 49.3 Å². The van der Waals surface area contributed by atoms with Crippen LogP contribution in [0.15, 0.2) is 12.3 Å². The summed E-state index contributed by atoms with van der Waals surface area (Å²) < 4.78 is 0. The third-order valence-corrected chi connectivity index (χ3v) is 2.01. The molecule has 0 radical (unpaired) electrons. The van der Waals surface area contributed by atoms with Crippen molar-refractivity contribution < 1.29 is 5.11 Å². The molecule has 1 saturated heterocycles. The van der Waals surface area contributed by atoms with Gasteiger partial charge >= 0.3 is 0 Å². The van der Waals surface area contributed by atoms with Crippen molar-refractivity contribution in [1.82, 2.24) is 9.97 Å². The third-order valence-electron chi connectivity index (χ3n) is 2.01. The van der Waals surface area contributed by atoms with Crippen molar-refractivity contribution >= 4 is 5.82 Å². The highest BCUT2D eigenvalue weighted by molar-refractivity contribution is 5.39. The predicted molar refractivity (Wildman–Crippen MR) is 44.8 cm³/mol. The van der Waals surface area contributed by atoms with E-state index in [2.05, 4.69) is 14.9 Å². The molecule has 0 bridgehead atoms. The van der Waals surface area contributed by atoms with E-state index in [1.54, 1.807) is 6.20 Å². The molecule has 0 saturated carbocycles. The normalized spacial score (nSPS) is 15.9. The summed E-state index contributed by atoms with van der Waals surface area (Å²) >= 11 is 0. The van der Waals surface area contributed by atoms with Crippen LogP contribution in [0.4, 0.5) is 5.82 Å². The van der Waals surface area contributed by atoms with Crippen molar-refractivity contribution in [2.24, 2.45) is 0 Å². The molecule has 1 aromatic heterocycles. The fourth-order valence-electron chi connectivity index (χ4n) is 1.19. The van der Waals surface area contributed by atoms with Gasteiger partial charge in [0, 0.05) is 19.3 Å². The Labute approximate surface area is 70.9 Å². The van der Waals surface area contributed by atoms with Crippen LogP contribution in [0, 0.1) is 0 Å². The minimum atomic E-state index is -0.0817. The fraction of sp³-hybridized carbons (Fsp3) is 0.500. The monoisotopic (exact) mass is 165 g/mol. The van der Waals surface area contributed by atoms with Gasteiger partial charge in [0.1, 0.15) is 12.4 Å². The Balaban J connectivity index is 2.19. The number of aliphatic hydroxyl groups is 1. The first-order chi connectivity index (χ1) is 5.90. The third kappa shape index (κ3) is 1.25. The molecule has 1 aromatic rings. The second-order valence-corrected chi connectivity index (χ2v) is 2.83. The first kappa shape index (κ1) is 7.49. The highest BCUT2D eigenvalue weighted by Gasteiger charge is 2.15. The molecular formula is C8H11N3O. The molecule has 1 N–H and O–H groups in total. The van der Waals surface area contributed by atoms with E-state index in [0.29, 0.717) is 5.82 Å². The first-order valence-electron chi connectivity index (χ1n) is 4.08. The van der Waals surface area contributed by atoms with Crippen molar-refractivity contribution in [3.05, 3.63) is 18.1 Å². The standard InChI is InChI=1S/C8H11N3O/c12-6-7-9-3-2-8(10-7)11-4-1-5-11/h2-3,12H,1,4-6H2. The average molecular weight is 165 g/mol. The van der Waals surface area contributed by atoms with E-state index in [0.717, 1.165) is 18.9 Å². The molecular weight excluding hydrogens is 154 g/mol. The van der Waals surface area contributed by atoms with Crippen molar-refractivity contribution in [3.8, 4) is 0 Å². The van der Waals surface area contributed by atoms with Gasteiger partial charge in [0.2, 0.25) is 0 Å². The first-order valence-corrected chi connectivity index (χ1v) is 4.08. The van der Waals surface area contributed by atoms with Crippen LogP contribution in [0.3, 0.4) is 0 Å². The molecule has 1 aliphatic rings. The van der Waals surface area contributed by atoms with Gasteiger partial charge in [0.15, 0.2) is 5.82 Å². The zero-order valence-corrected chi connectivity index (χ0v) is 6.77. The molecule has 1 aliphatic heterocycles. The summed E-state index contributed by atoms with van der Waals surface area (Å²) in [6.45, 7) is 2.06. The molecule has 0 amide bonds. The van der Waals surface area contributed by atoms with Crippen LogP contribution in [0.2, 0.25) is 0 Å². The van der Waals surface area contributed by atoms with Crippen LogP contribution < -0.4 is 4.90 Å². The maximum atomic E-state index is 8.79. The maximum Gasteiger partial charge on any atom is 0.156 e. The van der Waals surface area contributed by atoms with Crippen molar-refractivity contribution in [2.45, 2.75) is 13.0 Å². The molecule has 12 heavy (non-hydrogen) atoms. The van der Waals surface area contributed by atoms with Crippen LogP contribution in [0.5, 0.6) is 0 Å². The lowest BCUT2D eigenvalue weighted by atomic mass is 10.2. The summed E-state index contributed by atoms with van der Waals surface area (Å²) in [6, 6.07) is 1.87. The summed E-state index contributed by atoms with van der Waals surface area (Å²) in [4.78, 5) is 10.3. The molecule has 0 spiro atoms. The summed E-state index contributed by atoms with van der Waals surface area (Å²) in [6.07, 6.45) is 2.92. The van der Waals surface area contributed by atoms with Crippen LogP contribution >= 0.6 is 0 Å². The zero-order chi connectivity index (χ0) is 8.39. The van der Waals surface area contributed by atoms with Gasteiger partial charge in [-0.25, -0.2) is 9.97 Å². The Morgan fingerprint density at radius 3 is 2.92 bits per heavy atom. The Hall–Kier alpha value is -1.16. The van der Waals surface area contributed by atoms with Crippen LogP contribution in [-0.2, 0) is 6.61 Å². The zero-order valence-electron chi connectivity index (χ0n) is 6.77. The lowest BCUT2D eigenvalue weighted by Crippen LogP contribution is -2.37. The fourth-order valence-corrected chi connectivity index (χ4v) is 1.19. The van der Waals surface area contributed by atoms with Gasteiger partial charge in [-0.1, -0.05) is 0 Å². The number of hydrogen-bond acceptors (Lipinski definition) is 4. The molecule has 1 fully saturated rings. The predicted octanol–water partition coefficient (Wildman–Crippen LogP) is 0.179. The minimum absolute atomic E-state index is 0.0817. The molecule has 0 aliphatic carbocycles. The van der Waals surface area contributed by atoms with Gasteiger partial charge in [0.05, 0.1) is 0 Å². The molecule has 2 heterocycles. The number of nitrogens with zero attached hydrogens (tertiary/aromatic N) is 3. The Morgan fingerprint density at radius 2 is 2.33 bits per heavy atom. The number of hydrogen-bond donors (Lipinski definition) is 1. The molecule has 4 nitrogen and oxygen atoms in total. The quantitative estimate of drug-likeness (QED) is 0.679. The lowest BCUT2D eigenvalue weighted by Gasteiger charge is -2.31. The number of anilines is 1. The lowest BCUT2D eigenvalue weighted by molar-refractivity contribution is 0.271. The second-order valence-electron chi connectivity index (χ2n) is 2.83. The molecule has 0 atom stereocenters. The highest BCUT2D eigenvalue weighted by atomic mass is 16.3. The van der Waals surface area contributed by atoms with E-state index < -0.39 is 0 Å². The molecule has 4 heteroatoms. The van der Waals surface area contributed by atoms with E-state index in [9.17, 15) is 0 Å². The smallest absolute Gasteiger partial charge is 0.156 e.